The molecule has 3 rings (SSSR count). The lowest BCUT2D eigenvalue weighted by atomic mass is 9.91. The maximum Gasteiger partial charge on any atom is 0.143 e. The Morgan fingerprint density at radius 3 is 2.65 bits per heavy atom. The zero-order chi connectivity index (χ0) is 18.5. The molecule has 0 N–H and O–H groups in total. The van der Waals surface area contributed by atoms with Gasteiger partial charge in [-0.25, -0.2) is 4.39 Å². The van der Waals surface area contributed by atoms with Gasteiger partial charge >= 0.3 is 0 Å². The summed E-state index contributed by atoms with van der Waals surface area (Å²) in [5, 5.41) is 9.42. The van der Waals surface area contributed by atoms with Gasteiger partial charge in [0.1, 0.15) is 17.4 Å². The average Bonchev–Trinajstić information content (AvgIpc) is 2.62. The fourth-order valence-corrected chi connectivity index (χ4v) is 3.79. The lowest BCUT2D eigenvalue weighted by molar-refractivity contribution is 0.400. The van der Waals surface area contributed by atoms with Crippen LogP contribution in [0.15, 0.2) is 36.5 Å². The molecule has 4 heteroatoms. The molecule has 0 atom stereocenters. The molecule has 1 aliphatic heterocycles. The first kappa shape index (κ1) is 18.4. The van der Waals surface area contributed by atoms with Crippen LogP contribution >= 0.6 is 0 Å². The highest BCUT2D eigenvalue weighted by Crippen LogP contribution is 2.30. The molecule has 1 fully saturated rings. The maximum atomic E-state index is 14.4. The number of anilines is 1. The van der Waals surface area contributed by atoms with Crippen LogP contribution in [-0.2, 0) is 12.8 Å². The van der Waals surface area contributed by atoms with Gasteiger partial charge in [0.05, 0.1) is 5.69 Å². The third-order valence-electron chi connectivity index (χ3n) is 5.06. The molecule has 1 aliphatic rings. The fourth-order valence-electron chi connectivity index (χ4n) is 3.79. The molecule has 2 heterocycles. The minimum Gasteiger partial charge on any atom is -0.370 e. The molecule has 0 spiro atoms. The van der Waals surface area contributed by atoms with Crippen LogP contribution in [0.5, 0.6) is 0 Å². The second kappa shape index (κ2) is 8.31. The van der Waals surface area contributed by atoms with Crippen molar-refractivity contribution in [3.8, 4) is 6.07 Å². The topological polar surface area (TPSA) is 39.9 Å². The van der Waals surface area contributed by atoms with Crippen LogP contribution < -0.4 is 4.90 Å². The Bertz CT molecular complexity index is 772. The zero-order valence-corrected chi connectivity index (χ0v) is 15.6. The van der Waals surface area contributed by atoms with Gasteiger partial charge in [-0.1, -0.05) is 19.9 Å². The number of aromatic nitrogens is 1. The molecular formula is C22H26FN3. The summed E-state index contributed by atoms with van der Waals surface area (Å²) in [7, 11) is 0. The van der Waals surface area contributed by atoms with Crippen LogP contribution in [0.2, 0.25) is 0 Å². The summed E-state index contributed by atoms with van der Waals surface area (Å²) in [6.45, 7) is 5.96. The Hall–Kier alpha value is -2.41. The Balaban J connectivity index is 1.72. The van der Waals surface area contributed by atoms with Gasteiger partial charge in [-0.15, -0.1) is 0 Å². The number of pyridine rings is 1. The van der Waals surface area contributed by atoms with Crippen LogP contribution in [-0.4, -0.2) is 18.1 Å². The minimum absolute atomic E-state index is 0.181. The van der Waals surface area contributed by atoms with E-state index in [4.69, 9.17) is 0 Å². The van der Waals surface area contributed by atoms with E-state index in [1.54, 1.807) is 0 Å². The summed E-state index contributed by atoms with van der Waals surface area (Å²) in [5.74, 6) is 0.658. The van der Waals surface area contributed by atoms with E-state index in [0.717, 1.165) is 55.7 Å². The third-order valence-corrected chi connectivity index (χ3v) is 5.06. The van der Waals surface area contributed by atoms with E-state index in [1.807, 2.05) is 24.4 Å². The van der Waals surface area contributed by atoms with E-state index in [9.17, 15) is 9.65 Å². The Labute approximate surface area is 155 Å². The number of piperidine rings is 1. The monoisotopic (exact) mass is 351 g/mol. The van der Waals surface area contributed by atoms with E-state index in [1.165, 1.54) is 6.07 Å². The van der Waals surface area contributed by atoms with E-state index < -0.39 is 5.82 Å². The number of hydrogen-bond acceptors (Lipinski definition) is 3. The normalized spacial score (nSPS) is 15.3. The van der Waals surface area contributed by atoms with Crippen molar-refractivity contribution in [2.45, 2.75) is 39.5 Å². The van der Waals surface area contributed by atoms with Gasteiger partial charge in [0.15, 0.2) is 0 Å². The highest BCUT2D eigenvalue weighted by Gasteiger charge is 2.23. The molecule has 0 bridgehead atoms. The van der Waals surface area contributed by atoms with Gasteiger partial charge in [0, 0.05) is 25.0 Å². The smallest absolute Gasteiger partial charge is 0.143 e. The van der Waals surface area contributed by atoms with Crippen molar-refractivity contribution in [2.24, 2.45) is 11.8 Å². The molecule has 136 valence electrons. The number of hydrogen-bond donors (Lipinski definition) is 0. The first-order chi connectivity index (χ1) is 12.6. The van der Waals surface area contributed by atoms with Gasteiger partial charge in [-0.2, -0.15) is 5.26 Å². The zero-order valence-electron chi connectivity index (χ0n) is 15.6. The van der Waals surface area contributed by atoms with Crippen molar-refractivity contribution < 1.29 is 4.39 Å². The summed E-state index contributed by atoms with van der Waals surface area (Å²) < 4.78 is 14.4. The predicted molar refractivity (Wildman–Crippen MR) is 103 cm³/mol. The van der Waals surface area contributed by atoms with Crippen molar-refractivity contribution in [3.05, 3.63) is 59.2 Å². The van der Waals surface area contributed by atoms with Crippen LogP contribution in [0.1, 0.15) is 43.5 Å². The van der Waals surface area contributed by atoms with Crippen LogP contribution in [0.25, 0.3) is 0 Å². The summed E-state index contributed by atoms with van der Waals surface area (Å²) in [6.07, 6.45) is 5.73. The number of rotatable bonds is 5. The third kappa shape index (κ3) is 4.40. The van der Waals surface area contributed by atoms with Gasteiger partial charge in [0.2, 0.25) is 0 Å². The quantitative estimate of drug-likeness (QED) is 0.780. The molecular weight excluding hydrogens is 325 g/mol. The van der Waals surface area contributed by atoms with E-state index in [0.29, 0.717) is 11.8 Å². The van der Waals surface area contributed by atoms with Crippen LogP contribution in [0.3, 0.4) is 0 Å². The van der Waals surface area contributed by atoms with Crippen molar-refractivity contribution in [2.75, 3.05) is 18.0 Å². The van der Waals surface area contributed by atoms with E-state index in [2.05, 4.69) is 35.9 Å². The minimum atomic E-state index is -0.392. The largest absolute Gasteiger partial charge is 0.370 e. The fraction of sp³-hybridized carbons (Fsp3) is 0.455. The standard InChI is InChI=1S/C22H26FN3/c1-16(2)11-18-13-21(23)20(15-24)22(14-18)26-9-6-17(7-10-26)12-19-5-3-4-8-25-19/h3-5,8,13-14,16-17H,6-7,9-12H2,1-2H3. The molecule has 1 saturated heterocycles. The second-order valence-corrected chi connectivity index (χ2v) is 7.64. The molecule has 26 heavy (non-hydrogen) atoms. The van der Waals surface area contributed by atoms with Gasteiger partial charge in [0.25, 0.3) is 0 Å². The van der Waals surface area contributed by atoms with Gasteiger partial charge in [-0.05, 0) is 67.3 Å². The maximum absolute atomic E-state index is 14.4. The molecule has 3 nitrogen and oxygen atoms in total. The Kier molecular flexibility index (Phi) is 5.88. The number of benzene rings is 1. The van der Waals surface area contributed by atoms with E-state index in [-0.39, 0.29) is 5.56 Å². The summed E-state index contributed by atoms with van der Waals surface area (Å²) in [5.41, 5.74) is 3.05. The number of halogens is 1. The summed E-state index contributed by atoms with van der Waals surface area (Å²) >= 11 is 0. The predicted octanol–water partition coefficient (Wildman–Crippen LogP) is 4.75. The molecule has 0 amide bonds. The summed E-state index contributed by atoms with van der Waals surface area (Å²) in [6, 6.07) is 11.6. The Morgan fingerprint density at radius 1 is 1.27 bits per heavy atom. The first-order valence-corrected chi connectivity index (χ1v) is 9.44. The summed E-state index contributed by atoms with van der Waals surface area (Å²) in [4.78, 5) is 6.60. The number of nitriles is 1. The molecule has 0 aliphatic carbocycles. The first-order valence-electron chi connectivity index (χ1n) is 9.44. The number of nitrogens with zero attached hydrogens (tertiary/aromatic N) is 3. The SMILES string of the molecule is CC(C)Cc1cc(F)c(C#N)c(N2CCC(Cc3ccccn3)CC2)c1. The van der Waals surface area contributed by atoms with Crippen molar-refractivity contribution >= 4 is 5.69 Å². The lowest BCUT2D eigenvalue weighted by Gasteiger charge is -2.34. The van der Waals surface area contributed by atoms with Crippen LogP contribution in [0.4, 0.5) is 10.1 Å². The molecule has 0 unspecified atom stereocenters. The highest BCUT2D eigenvalue weighted by molar-refractivity contribution is 5.61. The molecule has 1 aromatic heterocycles. The lowest BCUT2D eigenvalue weighted by Crippen LogP contribution is -2.35. The van der Waals surface area contributed by atoms with Gasteiger partial charge in [-0.3, -0.25) is 4.98 Å². The Morgan fingerprint density at radius 2 is 2.04 bits per heavy atom. The van der Waals surface area contributed by atoms with Crippen molar-refractivity contribution in [3.63, 3.8) is 0 Å². The molecule has 2 aromatic rings. The van der Waals surface area contributed by atoms with Crippen molar-refractivity contribution in [1.29, 1.82) is 5.26 Å². The van der Waals surface area contributed by atoms with Crippen molar-refractivity contribution in [1.82, 2.24) is 4.98 Å². The molecule has 0 saturated carbocycles. The van der Waals surface area contributed by atoms with E-state index >= 15 is 0 Å². The second-order valence-electron chi connectivity index (χ2n) is 7.64. The average molecular weight is 351 g/mol. The van der Waals surface area contributed by atoms with Crippen LogP contribution in [0, 0.1) is 29.0 Å². The molecule has 1 aromatic carbocycles. The van der Waals surface area contributed by atoms with Gasteiger partial charge < -0.3 is 4.90 Å². The highest BCUT2D eigenvalue weighted by atomic mass is 19.1. The molecule has 0 radical (unpaired) electrons.